The molecule has 2 heterocycles. The van der Waals surface area contributed by atoms with Crippen molar-refractivity contribution in [2.75, 3.05) is 25.0 Å². The van der Waals surface area contributed by atoms with Crippen LogP contribution in [-0.2, 0) is 11.2 Å². The Labute approximate surface area is 156 Å². The first-order chi connectivity index (χ1) is 11.7. The molecule has 1 aromatic carbocycles. The van der Waals surface area contributed by atoms with Gasteiger partial charge in [-0.1, -0.05) is 0 Å². The number of nitrogens with one attached hydrogen (secondary N) is 2. The molecule has 1 atom stereocenters. The number of carbonyl (C=O) groups excluding carboxylic acids is 1. The Morgan fingerprint density at radius 3 is 2.84 bits per heavy atom. The molecule has 140 valence electrons. The van der Waals surface area contributed by atoms with Gasteiger partial charge in [0.05, 0.1) is 12.3 Å². The lowest BCUT2D eigenvalue weighted by Gasteiger charge is -2.22. The minimum Gasteiger partial charge on any atom is -0.492 e. The molecule has 0 spiro atoms. The van der Waals surface area contributed by atoms with E-state index in [0.717, 1.165) is 48.7 Å². The highest BCUT2D eigenvalue weighted by molar-refractivity contribution is 5.92. The highest BCUT2D eigenvalue weighted by Gasteiger charge is 2.23. The van der Waals surface area contributed by atoms with E-state index >= 15 is 0 Å². The number of amides is 1. The minimum atomic E-state index is 0. The molecule has 0 aliphatic carbocycles. The maximum absolute atomic E-state index is 12.4. The topological polar surface area (TPSA) is 59.6 Å². The van der Waals surface area contributed by atoms with Crippen molar-refractivity contribution in [3.8, 4) is 11.5 Å². The molecule has 1 saturated heterocycles. The van der Waals surface area contributed by atoms with Crippen LogP contribution in [0.3, 0.4) is 0 Å². The fourth-order valence-electron chi connectivity index (χ4n) is 3.53. The average molecular weight is 369 g/mol. The van der Waals surface area contributed by atoms with Gasteiger partial charge in [-0.05, 0) is 58.2 Å². The molecule has 6 heteroatoms. The smallest absolute Gasteiger partial charge is 0.224 e. The van der Waals surface area contributed by atoms with Crippen molar-refractivity contribution in [2.45, 2.75) is 52.1 Å². The van der Waals surface area contributed by atoms with Gasteiger partial charge in [0.1, 0.15) is 17.6 Å². The third kappa shape index (κ3) is 5.25. The van der Waals surface area contributed by atoms with E-state index in [9.17, 15) is 4.79 Å². The summed E-state index contributed by atoms with van der Waals surface area (Å²) in [7, 11) is 0. The summed E-state index contributed by atoms with van der Waals surface area (Å²) in [5.41, 5.74) is 1.87. The lowest BCUT2D eigenvalue weighted by atomic mass is 9.93. The zero-order valence-corrected chi connectivity index (χ0v) is 15.9. The van der Waals surface area contributed by atoms with Gasteiger partial charge in [0.2, 0.25) is 5.91 Å². The molecule has 1 amide bonds. The van der Waals surface area contributed by atoms with Crippen LogP contribution < -0.4 is 20.1 Å². The van der Waals surface area contributed by atoms with Crippen molar-refractivity contribution in [3.63, 3.8) is 0 Å². The number of anilines is 1. The summed E-state index contributed by atoms with van der Waals surface area (Å²) in [6.07, 6.45) is 4.92. The third-order valence-electron chi connectivity index (χ3n) is 4.81. The molecular formula is C19H29ClN2O3. The third-order valence-corrected chi connectivity index (χ3v) is 4.81. The average Bonchev–Trinajstić information content (AvgIpc) is 2.93. The van der Waals surface area contributed by atoms with Crippen molar-refractivity contribution < 1.29 is 14.3 Å². The molecule has 5 nitrogen and oxygen atoms in total. The highest BCUT2D eigenvalue weighted by Crippen LogP contribution is 2.38. The molecule has 2 aliphatic rings. The summed E-state index contributed by atoms with van der Waals surface area (Å²) in [5.74, 6) is 2.32. The van der Waals surface area contributed by atoms with Crippen LogP contribution in [0, 0.1) is 5.92 Å². The van der Waals surface area contributed by atoms with Crippen molar-refractivity contribution >= 4 is 24.0 Å². The van der Waals surface area contributed by atoms with Crippen molar-refractivity contribution in [2.24, 2.45) is 5.92 Å². The Bertz CT molecular complexity index is 588. The molecular weight excluding hydrogens is 340 g/mol. The van der Waals surface area contributed by atoms with Crippen LogP contribution in [0.5, 0.6) is 11.5 Å². The largest absolute Gasteiger partial charge is 0.492 e. The van der Waals surface area contributed by atoms with Gasteiger partial charge in [-0.3, -0.25) is 4.79 Å². The van der Waals surface area contributed by atoms with E-state index in [2.05, 4.69) is 17.6 Å². The summed E-state index contributed by atoms with van der Waals surface area (Å²) in [5, 5.41) is 6.38. The number of hydrogen-bond acceptors (Lipinski definition) is 4. The normalized spacial score (nSPS) is 19.5. The zero-order chi connectivity index (χ0) is 16.9. The number of hydrogen-bond donors (Lipinski definition) is 2. The van der Waals surface area contributed by atoms with Gasteiger partial charge >= 0.3 is 0 Å². The molecule has 25 heavy (non-hydrogen) atoms. The van der Waals surface area contributed by atoms with Crippen LogP contribution in [0.4, 0.5) is 5.69 Å². The zero-order valence-electron chi connectivity index (χ0n) is 15.1. The van der Waals surface area contributed by atoms with Crippen LogP contribution >= 0.6 is 12.4 Å². The summed E-state index contributed by atoms with van der Waals surface area (Å²) in [6, 6.07) is 3.91. The summed E-state index contributed by atoms with van der Waals surface area (Å²) < 4.78 is 11.5. The molecule has 0 bridgehead atoms. The fraction of sp³-hybridized carbons (Fsp3) is 0.632. The van der Waals surface area contributed by atoms with E-state index in [1.54, 1.807) is 0 Å². The molecule has 0 radical (unpaired) electrons. The molecule has 1 aromatic rings. The van der Waals surface area contributed by atoms with Crippen molar-refractivity contribution in [1.82, 2.24) is 5.32 Å². The van der Waals surface area contributed by atoms with Crippen LogP contribution in [-0.4, -0.2) is 31.7 Å². The van der Waals surface area contributed by atoms with E-state index in [-0.39, 0.29) is 24.4 Å². The molecule has 1 fully saturated rings. The maximum Gasteiger partial charge on any atom is 0.224 e. The monoisotopic (exact) mass is 368 g/mol. The number of piperidine rings is 1. The molecule has 2 aliphatic heterocycles. The first-order valence-electron chi connectivity index (χ1n) is 9.12. The summed E-state index contributed by atoms with van der Waals surface area (Å²) in [4.78, 5) is 12.4. The predicted molar refractivity (Wildman–Crippen MR) is 102 cm³/mol. The van der Waals surface area contributed by atoms with Crippen LogP contribution in [0.2, 0.25) is 0 Å². The van der Waals surface area contributed by atoms with Gasteiger partial charge in [0, 0.05) is 24.5 Å². The second kappa shape index (κ2) is 9.30. The van der Waals surface area contributed by atoms with Crippen molar-refractivity contribution in [1.29, 1.82) is 0 Å². The highest BCUT2D eigenvalue weighted by atomic mass is 35.5. The van der Waals surface area contributed by atoms with Gasteiger partial charge in [0.25, 0.3) is 0 Å². The van der Waals surface area contributed by atoms with E-state index < -0.39 is 0 Å². The van der Waals surface area contributed by atoms with E-state index in [1.807, 2.05) is 19.1 Å². The Morgan fingerprint density at radius 2 is 2.12 bits per heavy atom. The summed E-state index contributed by atoms with van der Waals surface area (Å²) in [6.45, 7) is 6.72. The molecule has 1 unspecified atom stereocenters. The Hall–Kier alpha value is -1.46. The van der Waals surface area contributed by atoms with Crippen LogP contribution in [0.1, 0.15) is 45.1 Å². The first kappa shape index (κ1) is 19.9. The van der Waals surface area contributed by atoms with Gasteiger partial charge in [-0.15, -0.1) is 12.4 Å². The number of benzene rings is 1. The van der Waals surface area contributed by atoms with E-state index in [4.69, 9.17) is 9.47 Å². The molecule has 2 N–H and O–H groups in total. The molecule has 3 rings (SSSR count). The maximum atomic E-state index is 12.4. The minimum absolute atomic E-state index is 0. The SMILES string of the molecule is CCOc1cc2c(cc1NC(=O)CCC1CCNCC1)OC(C)C2.Cl. The number of rotatable bonds is 6. The number of carbonyl (C=O) groups is 1. The molecule has 0 aromatic heterocycles. The van der Waals surface area contributed by atoms with Gasteiger partial charge < -0.3 is 20.1 Å². The van der Waals surface area contributed by atoms with E-state index in [0.29, 0.717) is 18.9 Å². The fourth-order valence-corrected chi connectivity index (χ4v) is 3.53. The summed E-state index contributed by atoms with van der Waals surface area (Å²) >= 11 is 0. The standard InChI is InChI=1S/C19H28N2O3.ClH/c1-3-23-18-11-15-10-13(2)24-17(15)12-16(18)21-19(22)5-4-14-6-8-20-9-7-14;/h11-14,20H,3-10H2,1-2H3,(H,21,22);1H. The first-order valence-corrected chi connectivity index (χ1v) is 9.12. The second-order valence-corrected chi connectivity index (χ2v) is 6.80. The number of ether oxygens (including phenoxy) is 2. The Morgan fingerprint density at radius 1 is 1.36 bits per heavy atom. The quantitative estimate of drug-likeness (QED) is 0.806. The predicted octanol–water partition coefficient (Wildman–Crippen LogP) is 3.55. The van der Waals surface area contributed by atoms with Crippen LogP contribution in [0.25, 0.3) is 0 Å². The Balaban J connectivity index is 0.00000225. The van der Waals surface area contributed by atoms with Gasteiger partial charge in [0.15, 0.2) is 0 Å². The van der Waals surface area contributed by atoms with Crippen LogP contribution in [0.15, 0.2) is 12.1 Å². The van der Waals surface area contributed by atoms with Crippen molar-refractivity contribution in [3.05, 3.63) is 17.7 Å². The van der Waals surface area contributed by atoms with Gasteiger partial charge in [-0.2, -0.15) is 0 Å². The second-order valence-electron chi connectivity index (χ2n) is 6.80. The van der Waals surface area contributed by atoms with Gasteiger partial charge in [-0.25, -0.2) is 0 Å². The number of fused-ring (bicyclic) bond motifs is 1. The Kier molecular flexibility index (Phi) is 7.38. The lowest BCUT2D eigenvalue weighted by Crippen LogP contribution is -2.28. The van der Waals surface area contributed by atoms with E-state index in [1.165, 1.54) is 12.8 Å². The lowest BCUT2D eigenvalue weighted by molar-refractivity contribution is -0.116. The molecule has 0 saturated carbocycles. The number of halogens is 1.